The highest BCUT2D eigenvalue weighted by molar-refractivity contribution is 7.90. The van der Waals surface area contributed by atoms with E-state index in [9.17, 15) is 18.0 Å². The van der Waals surface area contributed by atoms with E-state index < -0.39 is 27.0 Å². The van der Waals surface area contributed by atoms with Crippen LogP contribution in [-0.4, -0.2) is 53.6 Å². The minimum atomic E-state index is -4.36. The summed E-state index contributed by atoms with van der Waals surface area (Å²) in [4.78, 5) is 23.8. The number of aromatic nitrogens is 2. The maximum atomic E-state index is 12.7. The Labute approximate surface area is 184 Å². The highest BCUT2D eigenvalue weighted by Gasteiger charge is 2.31. The van der Waals surface area contributed by atoms with Gasteiger partial charge in [-0.2, -0.15) is 13.5 Å². The van der Waals surface area contributed by atoms with Crippen molar-refractivity contribution in [1.82, 2.24) is 19.8 Å². The predicted molar refractivity (Wildman–Crippen MR) is 114 cm³/mol. The summed E-state index contributed by atoms with van der Waals surface area (Å²) in [5.74, 6) is -1.33. The molecule has 5 N–H and O–H groups in total. The quantitative estimate of drug-likeness (QED) is 0.400. The summed E-state index contributed by atoms with van der Waals surface area (Å²) in [5, 5.41) is 27.4. The maximum Gasteiger partial charge on any atom is 0.354 e. The van der Waals surface area contributed by atoms with Crippen LogP contribution in [0.4, 0.5) is 10.5 Å². The molecule has 12 heteroatoms. The number of nitrogens with one attached hydrogen (secondary N) is 3. The molecule has 1 atom stereocenters. The number of fused-ring (bicyclic) bond motifs is 2. The van der Waals surface area contributed by atoms with E-state index in [-0.39, 0.29) is 18.3 Å². The number of urea groups is 1. The highest BCUT2D eigenvalue weighted by Crippen LogP contribution is 2.42. The molecule has 172 valence electrons. The Balaban J connectivity index is 1.59. The Kier molecular flexibility index (Phi) is 5.93. The number of sulfonamides is 1. The fraction of sp³-hybridized carbons (Fsp3) is 0.450. The number of benzene rings is 1. The Hall–Kier alpha value is -2.96. The summed E-state index contributed by atoms with van der Waals surface area (Å²) >= 11 is 0. The minimum absolute atomic E-state index is 0.0270. The van der Waals surface area contributed by atoms with Crippen molar-refractivity contribution in [2.24, 2.45) is 7.05 Å². The minimum Gasteiger partial charge on any atom is -0.477 e. The van der Waals surface area contributed by atoms with Gasteiger partial charge in [0, 0.05) is 31.4 Å². The summed E-state index contributed by atoms with van der Waals surface area (Å²) in [7, 11) is -3.06. The summed E-state index contributed by atoms with van der Waals surface area (Å²) in [6, 6.07) is 2.19. The zero-order valence-corrected chi connectivity index (χ0v) is 18.3. The van der Waals surface area contributed by atoms with E-state index in [1.165, 1.54) is 7.05 Å². The number of carboxylic acids is 1. The number of carboxylic acid groups (broad SMARTS) is 1. The molecule has 2 aliphatic rings. The molecule has 1 aromatic carbocycles. The molecule has 2 amide bonds. The average Bonchev–Trinajstić information content (AvgIpc) is 3.44. The number of carbonyl (C=O) groups excluding carboxylic acids is 1. The SMILES string of the molecule is Cn1nc(S(=O)(=O)NC(=O)Nc2c3c(cc4c2CCC4NCCO)CCC3)cc1C(=O)O. The van der Waals surface area contributed by atoms with E-state index in [0.717, 1.165) is 65.1 Å². The van der Waals surface area contributed by atoms with Crippen LogP contribution >= 0.6 is 0 Å². The van der Waals surface area contributed by atoms with Gasteiger partial charge < -0.3 is 20.8 Å². The molecule has 11 nitrogen and oxygen atoms in total. The molecule has 1 heterocycles. The Morgan fingerprint density at radius 1 is 1.22 bits per heavy atom. The number of hydrogen-bond donors (Lipinski definition) is 5. The maximum absolute atomic E-state index is 12.7. The van der Waals surface area contributed by atoms with Crippen molar-refractivity contribution < 1.29 is 28.2 Å². The number of anilines is 1. The number of hydrogen-bond acceptors (Lipinski definition) is 7. The molecule has 32 heavy (non-hydrogen) atoms. The molecule has 0 saturated heterocycles. The second kappa shape index (κ2) is 8.52. The lowest BCUT2D eigenvalue weighted by molar-refractivity contribution is 0.0685. The van der Waals surface area contributed by atoms with Gasteiger partial charge in [0.2, 0.25) is 0 Å². The molecule has 2 aromatic rings. The first-order valence-corrected chi connectivity index (χ1v) is 11.8. The standard InChI is InChI=1S/C20H25N5O6S/c1-25-16(19(27)28)10-17(23-25)32(30,31)24-20(29)22-18-12-4-2-3-11(12)9-14-13(18)5-6-15(14)21-7-8-26/h9-10,15,21,26H,2-8H2,1H3,(H,27,28)(H2,22,24,29). The number of carbonyl (C=O) groups is 2. The van der Waals surface area contributed by atoms with Crippen LogP contribution < -0.4 is 15.4 Å². The van der Waals surface area contributed by atoms with Crippen LogP contribution in [-0.2, 0) is 36.3 Å². The molecule has 0 saturated carbocycles. The van der Waals surface area contributed by atoms with E-state index in [0.29, 0.717) is 12.2 Å². The number of amides is 2. The first-order valence-electron chi connectivity index (χ1n) is 10.3. The highest BCUT2D eigenvalue weighted by atomic mass is 32.2. The summed E-state index contributed by atoms with van der Waals surface area (Å²) in [5.41, 5.74) is 4.52. The van der Waals surface area contributed by atoms with Crippen LogP contribution in [0.3, 0.4) is 0 Å². The first-order chi connectivity index (χ1) is 15.2. The van der Waals surface area contributed by atoms with Crippen LogP contribution in [0.2, 0.25) is 0 Å². The summed E-state index contributed by atoms with van der Waals surface area (Å²) in [6.07, 6.45) is 4.17. The van der Waals surface area contributed by atoms with Gasteiger partial charge in [-0.05, 0) is 54.4 Å². The van der Waals surface area contributed by atoms with E-state index in [1.807, 2.05) is 4.72 Å². The fourth-order valence-corrected chi connectivity index (χ4v) is 5.42. The van der Waals surface area contributed by atoms with Crippen LogP contribution in [0.25, 0.3) is 0 Å². The third-order valence-electron chi connectivity index (χ3n) is 5.92. The van der Waals surface area contributed by atoms with Gasteiger partial charge >= 0.3 is 12.0 Å². The van der Waals surface area contributed by atoms with Crippen molar-refractivity contribution in [3.05, 3.63) is 40.1 Å². The first kappa shape index (κ1) is 22.2. The van der Waals surface area contributed by atoms with Gasteiger partial charge in [0.15, 0.2) is 5.03 Å². The predicted octanol–water partition coefficient (Wildman–Crippen LogP) is 0.687. The molecular weight excluding hydrogens is 438 g/mol. The Morgan fingerprint density at radius 3 is 2.69 bits per heavy atom. The van der Waals surface area contributed by atoms with E-state index >= 15 is 0 Å². The number of nitrogens with zero attached hydrogens (tertiary/aromatic N) is 2. The normalized spacial score (nSPS) is 17.1. The molecule has 0 aliphatic heterocycles. The molecule has 1 aromatic heterocycles. The number of rotatable bonds is 7. The summed E-state index contributed by atoms with van der Waals surface area (Å²) < 4.78 is 28.0. The van der Waals surface area contributed by atoms with E-state index in [2.05, 4.69) is 21.8 Å². The Bertz CT molecular complexity index is 1190. The molecule has 0 bridgehead atoms. The van der Waals surface area contributed by atoms with E-state index in [4.69, 9.17) is 10.2 Å². The van der Waals surface area contributed by atoms with Crippen molar-refractivity contribution in [2.75, 3.05) is 18.5 Å². The Morgan fingerprint density at radius 2 is 2.00 bits per heavy atom. The van der Waals surface area contributed by atoms with Gasteiger partial charge in [0.1, 0.15) is 5.69 Å². The van der Waals surface area contributed by atoms with Gasteiger partial charge in [-0.15, -0.1) is 0 Å². The van der Waals surface area contributed by atoms with Crippen molar-refractivity contribution >= 4 is 27.7 Å². The van der Waals surface area contributed by atoms with Crippen molar-refractivity contribution in [2.45, 2.75) is 43.2 Å². The molecule has 4 rings (SSSR count). The molecule has 0 radical (unpaired) electrons. The third kappa shape index (κ3) is 4.08. The fourth-order valence-electron chi connectivity index (χ4n) is 4.53. The van der Waals surface area contributed by atoms with Crippen LogP contribution in [0.1, 0.15) is 51.6 Å². The zero-order valence-electron chi connectivity index (χ0n) is 17.5. The van der Waals surface area contributed by atoms with Gasteiger partial charge in [-0.1, -0.05) is 6.07 Å². The van der Waals surface area contributed by atoms with Gasteiger partial charge in [0.25, 0.3) is 10.0 Å². The number of aryl methyl sites for hydroxylation is 2. The van der Waals surface area contributed by atoms with Gasteiger partial charge in [0.05, 0.1) is 6.61 Å². The second-order valence-electron chi connectivity index (χ2n) is 7.94. The van der Waals surface area contributed by atoms with Crippen LogP contribution in [0.5, 0.6) is 0 Å². The lowest BCUT2D eigenvalue weighted by Crippen LogP contribution is -2.35. The topological polar surface area (TPSA) is 163 Å². The molecular formula is C20H25N5O6S. The number of aromatic carboxylic acids is 1. The van der Waals surface area contributed by atoms with Gasteiger partial charge in [-0.3, -0.25) is 4.68 Å². The van der Waals surface area contributed by atoms with Gasteiger partial charge in [-0.25, -0.2) is 14.3 Å². The molecule has 1 unspecified atom stereocenters. The average molecular weight is 464 g/mol. The monoisotopic (exact) mass is 463 g/mol. The molecule has 2 aliphatic carbocycles. The van der Waals surface area contributed by atoms with Crippen molar-refractivity contribution in [3.8, 4) is 0 Å². The molecule has 0 spiro atoms. The summed E-state index contributed by atoms with van der Waals surface area (Å²) in [6.45, 7) is 0.490. The van der Waals surface area contributed by atoms with E-state index in [1.54, 1.807) is 0 Å². The number of aliphatic hydroxyl groups is 1. The largest absolute Gasteiger partial charge is 0.477 e. The number of aliphatic hydroxyl groups excluding tert-OH is 1. The lowest BCUT2D eigenvalue weighted by Gasteiger charge is -2.19. The van der Waals surface area contributed by atoms with Crippen molar-refractivity contribution in [1.29, 1.82) is 0 Å². The smallest absolute Gasteiger partial charge is 0.354 e. The lowest BCUT2D eigenvalue weighted by atomic mass is 9.97. The van der Waals surface area contributed by atoms with Crippen molar-refractivity contribution in [3.63, 3.8) is 0 Å². The van der Waals surface area contributed by atoms with Crippen LogP contribution in [0.15, 0.2) is 17.2 Å². The third-order valence-corrected chi connectivity index (χ3v) is 7.12. The second-order valence-corrected chi connectivity index (χ2v) is 9.57. The van der Waals surface area contributed by atoms with Crippen LogP contribution in [0, 0.1) is 0 Å². The zero-order chi connectivity index (χ0) is 23.0. The molecule has 0 fully saturated rings.